The average Bonchev–Trinajstić information content (AvgIpc) is 3.23. The summed E-state index contributed by atoms with van der Waals surface area (Å²) < 4.78 is 6.80. The zero-order valence-corrected chi connectivity index (χ0v) is 14.7. The smallest absolute Gasteiger partial charge is 0.288 e. The third kappa shape index (κ3) is 3.58. The van der Waals surface area contributed by atoms with Crippen molar-refractivity contribution in [2.75, 3.05) is 32.2 Å². The van der Waals surface area contributed by atoms with Gasteiger partial charge in [-0.1, -0.05) is 0 Å². The van der Waals surface area contributed by atoms with Crippen molar-refractivity contribution < 1.29 is 14.3 Å². The van der Waals surface area contributed by atoms with Crippen molar-refractivity contribution >= 4 is 17.6 Å². The summed E-state index contributed by atoms with van der Waals surface area (Å²) >= 11 is 0. The van der Waals surface area contributed by atoms with E-state index in [0.29, 0.717) is 31.9 Å². The van der Waals surface area contributed by atoms with Crippen LogP contribution in [-0.4, -0.2) is 64.1 Å². The number of likely N-dealkylation sites (N-methyl/N-ethyl adjacent to an activating group) is 1. The Balaban J connectivity index is 1.74. The van der Waals surface area contributed by atoms with Gasteiger partial charge in [-0.05, 0) is 6.42 Å². The Labute approximate surface area is 149 Å². The molecule has 1 unspecified atom stereocenters. The van der Waals surface area contributed by atoms with Crippen LogP contribution in [0.4, 0.5) is 5.82 Å². The van der Waals surface area contributed by atoms with Gasteiger partial charge in [-0.15, -0.1) is 5.10 Å². The van der Waals surface area contributed by atoms with Crippen molar-refractivity contribution in [2.24, 2.45) is 5.73 Å². The van der Waals surface area contributed by atoms with Crippen LogP contribution in [0.25, 0.3) is 0 Å². The van der Waals surface area contributed by atoms with Gasteiger partial charge < -0.3 is 15.8 Å². The van der Waals surface area contributed by atoms with Crippen molar-refractivity contribution in [1.29, 1.82) is 0 Å². The van der Waals surface area contributed by atoms with Crippen LogP contribution in [0, 0.1) is 0 Å². The lowest BCUT2D eigenvalue weighted by Gasteiger charge is -2.17. The Kier molecular flexibility index (Phi) is 5.28. The second-order valence-corrected chi connectivity index (χ2v) is 6.03. The number of rotatable bonds is 7. The fourth-order valence-corrected chi connectivity index (χ4v) is 2.89. The van der Waals surface area contributed by atoms with Gasteiger partial charge in [0.05, 0.1) is 18.2 Å². The molecule has 140 valence electrons. The molecule has 4 N–H and O–H groups in total. The van der Waals surface area contributed by atoms with E-state index in [1.807, 2.05) is 6.07 Å². The monoisotopic (exact) mass is 362 g/mol. The van der Waals surface area contributed by atoms with Gasteiger partial charge in [0.15, 0.2) is 0 Å². The molecule has 11 nitrogen and oxygen atoms in total. The van der Waals surface area contributed by atoms with Crippen molar-refractivity contribution in [1.82, 2.24) is 30.3 Å². The highest BCUT2D eigenvalue weighted by Crippen LogP contribution is 2.28. The maximum absolute atomic E-state index is 12.8. The molecular formula is C15H22N8O3. The molecule has 0 aromatic carbocycles. The number of primary amides is 1. The van der Waals surface area contributed by atoms with Gasteiger partial charge in [0, 0.05) is 39.9 Å². The van der Waals surface area contributed by atoms with E-state index < -0.39 is 11.8 Å². The summed E-state index contributed by atoms with van der Waals surface area (Å²) in [6.07, 6.45) is 0.488. The van der Waals surface area contributed by atoms with Crippen LogP contribution in [0.1, 0.15) is 34.5 Å². The first-order valence-electron chi connectivity index (χ1n) is 8.27. The number of carbonyl (C=O) groups is 2. The van der Waals surface area contributed by atoms with E-state index >= 15 is 0 Å². The van der Waals surface area contributed by atoms with Crippen LogP contribution in [-0.2, 0) is 22.6 Å². The van der Waals surface area contributed by atoms with Crippen molar-refractivity contribution in [3.63, 3.8) is 0 Å². The van der Waals surface area contributed by atoms with Gasteiger partial charge in [-0.3, -0.25) is 19.6 Å². The summed E-state index contributed by atoms with van der Waals surface area (Å²) in [4.78, 5) is 29.6. The van der Waals surface area contributed by atoms with Crippen molar-refractivity contribution in [2.45, 2.75) is 25.4 Å². The lowest BCUT2D eigenvalue weighted by atomic mass is 10.0. The molecule has 0 saturated carbocycles. The molecule has 0 radical (unpaired) electrons. The molecule has 1 atom stereocenters. The van der Waals surface area contributed by atoms with Crippen LogP contribution in [0.2, 0.25) is 0 Å². The summed E-state index contributed by atoms with van der Waals surface area (Å²) in [6, 6.07) is 1.88. The lowest BCUT2D eigenvalue weighted by molar-refractivity contribution is -0.119. The first kappa shape index (κ1) is 18.0. The number of nitrogens with one attached hydrogen (secondary N) is 2. The van der Waals surface area contributed by atoms with Crippen LogP contribution in [0.15, 0.2) is 6.07 Å². The molecule has 1 aliphatic rings. The molecule has 0 bridgehead atoms. The molecule has 0 fully saturated rings. The molecule has 11 heteroatoms. The number of hydrogen-bond donors (Lipinski definition) is 3. The van der Waals surface area contributed by atoms with Gasteiger partial charge in [0.2, 0.25) is 11.7 Å². The average molecular weight is 362 g/mol. The predicted molar refractivity (Wildman–Crippen MR) is 91.5 cm³/mol. The van der Waals surface area contributed by atoms with Gasteiger partial charge in [-0.2, -0.15) is 5.10 Å². The van der Waals surface area contributed by atoms with E-state index in [9.17, 15) is 9.59 Å². The number of aromatic amines is 1. The first-order valence-corrected chi connectivity index (χ1v) is 8.27. The topological polar surface area (TPSA) is 144 Å². The first-order chi connectivity index (χ1) is 12.5. The molecular weight excluding hydrogens is 340 g/mol. The molecule has 26 heavy (non-hydrogen) atoms. The molecule has 0 aliphatic carbocycles. The Morgan fingerprint density at radius 1 is 1.54 bits per heavy atom. The standard InChI is InChI=1S/C15H22N8O3/c1-22-11-7-9(8-17-4-6-26-2)21-23(11)5-3-10(15(22)25)13-18-14(12(16)24)20-19-13/h7,10,17H,3-6,8H2,1-2H3,(H2,16,24)(H,18,19,20). The van der Waals surface area contributed by atoms with E-state index in [-0.39, 0.29) is 11.7 Å². The fraction of sp³-hybridized carbons (Fsp3) is 0.533. The van der Waals surface area contributed by atoms with Gasteiger partial charge in [0.1, 0.15) is 11.6 Å². The number of methoxy groups -OCH3 is 1. The summed E-state index contributed by atoms with van der Waals surface area (Å²) in [5, 5.41) is 14.2. The Bertz CT molecular complexity index is 799. The molecule has 2 amide bonds. The number of amides is 2. The number of ether oxygens (including phenoxy) is 1. The minimum Gasteiger partial charge on any atom is -0.383 e. The van der Waals surface area contributed by atoms with E-state index in [1.54, 1.807) is 23.7 Å². The number of nitrogens with two attached hydrogens (primary N) is 1. The van der Waals surface area contributed by atoms with Crippen molar-refractivity contribution in [3.05, 3.63) is 23.4 Å². The summed E-state index contributed by atoms with van der Waals surface area (Å²) in [5.41, 5.74) is 6.02. The number of anilines is 1. The predicted octanol–water partition coefficient (Wildman–Crippen LogP) is -1.01. The Morgan fingerprint density at radius 2 is 2.35 bits per heavy atom. The van der Waals surface area contributed by atoms with Crippen LogP contribution in [0.3, 0.4) is 0 Å². The number of aryl methyl sites for hydroxylation is 1. The van der Waals surface area contributed by atoms with Gasteiger partial charge >= 0.3 is 0 Å². The number of carbonyl (C=O) groups excluding carboxylic acids is 2. The highest BCUT2D eigenvalue weighted by Gasteiger charge is 2.33. The number of fused-ring (bicyclic) bond motifs is 1. The van der Waals surface area contributed by atoms with Crippen LogP contribution >= 0.6 is 0 Å². The number of hydrogen-bond acceptors (Lipinski definition) is 7. The number of H-pyrrole nitrogens is 1. The molecule has 0 saturated heterocycles. The molecule has 2 aromatic heterocycles. The van der Waals surface area contributed by atoms with E-state index in [2.05, 4.69) is 25.6 Å². The largest absolute Gasteiger partial charge is 0.383 e. The normalized spacial score (nSPS) is 17.2. The summed E-state index contributed by atoms with van der Waals surface area (Å²) in [5.74, 6) is -0.485. The van der Waals surface area contributed by atoms with Crippen LogP contribution < -0.4 is 16.0 Å². The molecule has 1 aliphatic heterocycles. The second-order valence-electron chi connectivity index (χ2n) is 6.03. The van der Waals surface area contributed by atoms with Gasteiger partial charge in [0.25, 0.3) is 5.91 Å². The third-order valence-electron chi connectivity index (χ3n) is 4.25. The highest BCUT2D eigenvalue weighted by molar-refractivity contribution is 5.97. The molecule has 3 rings (SSSR count). The quantitative estimate of drug-likeness (QED) is 0.535. The molecule has 0 spiro atoms. The van der Waals surface area contributed by atoms with E-state index in [4.69, 9.17) is 10.5 Å². The second kappa shape index (κ2) is 7.62. The molecule has 3 heterocycles. The minimum atomic E-state index is -0.736. The number of aromatic nitrogens is 5. The van der Waals surface area contributed by atoms with Crippen molar-refractivity contribution in [3.8, 4) is 0 Å². The van der Waals surface area contributed by atoms with Gasteiger partial charge in [-0.25, -0.2) is 9.67 Å². The molecule has 2 aromatic rings. The number of nitrogens with zero attached hydrogens (tertiary/aromatic N) is 5. The Hall–Kier alpha value is -2.79. The van der Waals surface area contributed by atoms with E-state index in [0.717, 1.165) is 18.1 Å². The summed E-state index contributed by atoms with van der Waals surface area (Å²) in [7, 11) is 3.35. The van der Waals surface area contributed by atoms with Crippen LogP contribution in [0.5, 0.6) is 0 Å². The Morgan fingerprint density at radius 3 is 3.04 bits per heavy atom. The lowest BCUT2D eigenvalue weighted by Crippen LogP contribution is -2.31. The third-order valence-corrected chi connectivity index (χ3v) is 4.25. The zero-order valence-electron chi connectivity index (χ0n) is 14.7. The SMILES string of the molecule is COCCNCc1cc2n(n1)CCC(c1nc(C(N)=O)n[nH]1)C(=O)N2C. The summed E-state index contributed by atoms with van der Waals surface area (Å²) in [6.45, 7) is 2.49. The zero-order chi connectivity index (χ0) is 18.7. The maximum Gasteiger partial charge on any atom is 0.288 e. The fourth-order valence-electron chi connectivity index (χ4n) is 2.89. The minimum absolute atomic E-state index is 0.123. The van der Waals surface area contributed by atoms with E-state index in [1.165, 1.54) is 0 Å². The maximum atomic E-state index is 12.8. The highest BCUT2D eigenvalue weighted by atomic mass is 16.5.